The van der Waals surface area contributed by atoms with Gasteiger partial charge in [-0.3, -0.25) is 4.98 Å². The molecule has 2 heterocycles. The van der Waals surface area contributed by atoms with E-state index in [2.05, 4.69) is 15.1 Å². The molecule has 84 valence electrons. The first-order chi connectivity index (χ1) is 7.85. The maximum Gasteiger partial charge on any atom is 0.231 e. The lowest BCUT2D eigenvalue weighted by Gasteiger charge is -2.04. The Balaban J connectivity index is 2.26. The van der Waals surface area contributed by atoms with Gasteiger partial charge in [0.25, 0.3) is 0 Å². The number of aromatic nitrogens is 3. The Labute approximate surface area is 93.7 Å². The lowest BCUT2D eigenvalue weighted by atomic mass is 10.1. The van der Waals surface area contributed by atoms with Gasteiger partial charge in [-0.15, -0.1) is 0 Å². The highest BCUT2D eigenvalue weighted by Gasteiger charge is 2.16. The minimum absolute atomic E-state index is 0.137. The molecular formula is C11H14N4O. The molecule has 5 nitrogen and oxygen atoms in total. The first-order valence-corrected chi connectivity index (χ1v) is 5.29. The van der Waals surface area contributed by atoms with Crippen molar-refractivity contribution in [3.8, 4) is 11.4 Å². The van der Waals surface area contributed by atoms with Crippen LogP contribution in [0.2, 0.25) is 0 Å². The normalized spacial score (nSPS) is 12.6. The van der Waals surface area contributed by atoms with E-state index in [1.165, 1.54) is 0 Å². The van der Waals surface area contributed by atoms with Gasteiger partial charge in [-0.25, -0.2) is 0 Å². The molecule has 0 saturated carbocycles. The van der Waals surface area contributed by atoms with E-state index in [4.69, 9.17) is 10.3 Å². The van der Waals surface area contributed by atoms with Crippen LogP contribution in [0.15, 0.2) is 29.0 Å². The van der Waals surface area contributed by atoms with Gasteiger partial charge in [-0.05, 0) is 18.6 Å². The van der Waals surface area contributed by atoms with Gasteiger partial charge in [0, 0.05) is 24.5 Å². The molecule has 0 aliphatic rings. The smallest absolute Gasteiger partial charge is 0.231 e. The zero-order valence-corrected chi connectivity index (χ0v) is 9.13. The van der Waals surface area contributed by atoms with E-state index in [0.29, 0.717) is 18.3 Å². The second-order valence-corrected chi connectivity index (χ2v) is 3.54. The molecule has 1 atom stereocenters. The minimum atomic E-state index is 0.137. The van der Waals surface area contributed by atoms with Crippen LogP contribution >= 0.6 is 0 Å². The molecule has 1 unspecified atom stereocenters. The van der Waals surface area contributed by atoms with Crippen molar-refractivity contribution in [1.82, 2.24) is 15.1 Å². The van der Waals surface area contributed by atoms with Gasteiger partial charge >= 0.3 is 0 Å². The molecule has 16 heavy (non-hydrogen) atoms. The molecule has 0 fully saturated rings. The van der Waals surface area contributed by atoms with Crippen molar-refractivity contribution in [2.24, 2.45) is 5.73 Å². The zero-order chi connectivity index (χ0) is 11.4. The summed E-state index contributed by atoms with van der Waals surface area (Å²) >= 11 is 0. The Morgan fingerprint density at radius 3 is 3.00 bits per heavy atom. The number of pyridine rings is 1. The highest BCUT2D eigenvalue weighted by Crippen LogP contribution is 2.20. The third-order valence-corrected chi connectivity index (χ3v) is 2.49. The predicted molar refractivity (Wildman–Crippen MR) is 59.6 cm³/mol. The van der Waals surface area contributed by atoms with E-state index >= 15 is 0 Å². The van der Waals surface area contributed by atoms with Crippen molar-refractivity contribution in [1.29, 1.82) is 0 Å². The second-order valence-electron chi connectivity index (χ2n) is 3.54. The molecule has 0 aromatic carbocycles. The molecule has 5 heteroatoms. The van der Waals surface area contributed by atoms with E-state index in [9.17, 15) is 0 Å². The van der Waals surface area contributed by atoms with Crippen LogP contribution in [0.3, 0.4) is 0 Å². The number of hydrogen-bond acceptors (Lipinski definition) is 5. The first-order valence-electron chi connectivity index (χ1n) is 5.29. The van der Waals surface area contributed by atoms with Gasteiger partial charge in [0.15, 0.2) is 0 Å². The highest BCUT2D eigenvalue weighted by molar-refractivity contribution is 5.51. The number of nitrogens with two attached hydrogens (primary N) is 1. The molecule has 2 aromatic heterocycles. The molecule has 0 radical (unpaired) electrons. The summed E-state index contributed by atoms with van der Waals surface area (Å²) < 4.78 is 5.19. The highest BCUT2D eigenvalue weighted by atomic mass is 16.5. The van der Waals surface area contributed by atoms with E-state index in [1.54, 1.807) is 12.4 Å². The molecule has 0 spiro atoms. The summed E-state index contributed by atoms with van der Waals surface area (Å²) in [7, 11) is 0. The maximum atomic E-state index is 5.62. The zero-order valence-electron chi connectivity index (χ0n) is 9.13. The van der Waals surface area contributed by atoms with E-state index in [-0.39, 0.29) is 5.92 Å². The molecular weight excluding hydrogens is 204 g/mol. The maximum absolute atomic E-state index is 5.62. The van der Waals surface area contributed by atoms with Gasteiger partial charge in [0.1, 0.15) is 0 Å². The minimum Gasteiger partial charge on any atom is -0.339 e. The van der Waals surface area contributed by atoms with Crippen LogP contribution in [0, 0.1) is 0 Å². The average Bonchev–Trinajstić information content (AvgIpc) is 2.81. The van der Waals surface area contributed by atoms with Crippen LogP contribution in [0.5, 0.6) is 0 Å². The van der Waals surface area contributed by atoms with E-state index in [1.807, 2.05) is 19.1 Å². The lowest BCUT2D eigenvalue weighted by Crippen LogP contribution is -2.11. The molecule has 0 bridgehead atoms. The summed E-state index contributed by atoms with van der Waals surface area (Å²) in [6, 6.07) is 3.73. The van der Waals surface area contributed by atoms with Crippen LogP contribution in [0.25, 0.3) is 11.4 Å². The van der Waals surface area contributed by atoms with Gasteiger partial charge < -0.3 is 10.3 Å². The Morgan fingerprint density at radius 1 is 1.50 bits per heavy atom. The van der Waals surface area contributed by atoms with Crippen molar-refractivity contribution in [3.63, 3.8) is 0 Å². The third kappa shape index (κ3) is 2.09. The number of nitrogens with zero attached hydrogens (tertiary/aromatic N) is 3. The molecule has 0 saturated heterocycles. The van der Waals surface area contributed by atoms with Gasteiger partial charge in [-0.1, -0.05) is 12.1 Å². The Hall–Kier alpha value is -1.75. The number of hydrogen-bond donors (Lipinski definition) is 1. The molecule has 2 aromatic rings. The quantitative estimate of drug-likeness (QED) is 0.843. The average molecular weight is 218 g/mol. The van der Waals surface area contributed by atoms with Crippen LogP contribution < -0.4 is 5.73 Å². The topological polar surface area (TPSA) is 77.8 Å². The number of rotatable bonds is 4. The summed E-state index contributed by atoms with van der Waals surface area (Å²) in [5, 5.41) is 3.92. The Bertz CT molecular complexity index is 436. The van der Waals surface area contributed by atoms with Crippen molar-refractivity contribution < 1.29 is 4.52 Å². The van der Waals surface area contributed by atoms with Crippen molar-refractivity contribution in [3.05, 3.63) is 30.4 Å². The summed E-state index contributed by atoms with van der Waals surface area (Å²) in [6.45, 7) is 2.57. The molecule has 0 aliphatic heterocycles. The summed E-state index contributed by atoms with van der Waals surface area (Å²) in [6.07, 6.45) is 4.31. The van der Waals surface area contributed by atoms with Crippen LogP contribution in [-0.4, -0.2) is 21.7 Å². The van der Waals surface area contributed by atoms with Crippen LogP contribution in [-0.2, 0) is 0 Å². The first kappa shape index (κ1) is 10.8. The fraction of sp³-hybridized carbons (Fsp3) is 0.364. The van der Waals surface area contributed by atoms with Gasteiger partial charge in [0.2, 0.25) is 11.7 Å². The Kier molecular flexibility index (Phi) is 3.26. The molecule has 2 N–H and O–H groups in total. The molecule has 0 amide bonds. The fourth-order valence-corrected chi connectivity index (χ4v) is 1.46. The van der Waals surface area contributed by atoms with Crippen LogP contribution in [0.1, 0.15) is 25.2 Å². The SMILES string of the molecule is CCC(CN)c1nc(-c2cccnc2)no1. The lowest BCUT2D eigenvalue weighted by molar-refractivity contribution is 0.351. The Morgan fingerprint density at radius 2 is 2.38 bits per heavy atom. The van der Waals surface area contributed by atoms with Gasteiger partial charge in [0.05, 0.1) is 5.92 Å². The fourth-order valence-electron chi connectivity index (χ4n) is 1.46. The van der Waals surface area contributed by atoms with Crippen molar-refractivity contribution in [2.75, 3.05) is 6.54 Å². The second kappa shape index (κ2) is 4.85. The molecule has 2 rings (SSSR count). The largest absolute Gasteiger partial charge is 0.339 e. The van der Waals surface area contributed by atoms with Crippen LogP contribution in [0.4, 0.5) is 0 Å². The summed E-state index contributed by atoms with van der Waals surface area (Å²) in [5.41, 5.74) is 6.47. The summed E-state index contributed by atoms with van der Waals surface area (Å²) in [5.74, 6) is 1.30. The monoisotopic (exact) mass is 218 g/mol. The molecule has 0 aliphatic carbocycles. The van der Waals surface area contributed by atoms with Gasteiger partial charge in [-0.2, -0.15) is 4.98 Å². The summed E-state index contributed by atoms with van der Waals surface area (Å²) in [4.78, 5) is 8.33. The van der Waals surface area contributed by atoms with Crippen molar-refractivity contribution in [2.45, 2.75) is 19.3 Å². The standard InChI is InChI=1S/C11H14N4O/c1-2-8(6-12)11-14-10(15-16-11)9-4-3-5-13-7-9/h3-5,7-8H,2,6,12H2,1H3. The van der Waals surface area contributed by atoms with E-state index < -0.39 is 0 Å². The van der Waals surface area contributed by atoms with Crippen molar-refractivity contribution >= 4 is 0 Å². The third-order valence-electron chi connectivity index (χ3n) is 2.49. The van der Waals surface area contributed by atoms with E-state index in [0.717, 1.165) is 12.0 Å². The predicted octanol–water partition coefficient (Wildman–Crippen LogP) is 1.58.